The van der Waals surface area contributed by atoms with Crippen molar-refractivity contribution in [3.05, 3.63) is 44.8 Å². The first-order valence-electron chi connectivity index (χ1n) is 10.6. The molecule has 1 aromatic heterocycles. The van der Waals surface area contributed by atoms with Crippen LogP contribution in [-0.4, -0.2) is 4.98 Å². The third-order valence-electron chi connectivity index (χ3n) is 5.52. The predicted molar refractivity (Wildman–Crippen MR) is 127 cm³/mol. The summed E-state index contributed by atoms with van der Waals surface area (Å²) in [7, 11) is 0. The van der Waals surface area contributed by atoms with Gasteiger partial charge in [-0.15, -0.1) is 0 Å². The highest BCUT2D eigenvalue weighted by Crippen LogP contribution is 2.33. The van der Waals surface area contributed by atoms with Crippen LogP contribution in [0.5, 0.6) is 0 Å². The maximum absolute atomic E-state index is 3.72. The number of aryl methyl sites for hydroxylation is 1. The standard InChI is InChI=1S/C24H31Br2N/c1-2-3-4-5-6-7-8-9-10-11-12-18-15-20(26)17-22-21-16-19(25)13-14-23(21)27-24(18)22/h13-17,27H,2-12H2,1H3. The van der Waals surface area contributed by atoms with Gasteiger partial charge in [0, 0.05) is 30.8 Å². The van der Waals surface area contributed by atoms with Crippen LogP contribution in [0.25, 0.3) is 21.8 Å². The minimum Gasteiger partial charge on any atom is -0.354 e. The van der Waals surface area contributed by atoms with Crippen LogP contribution < -0.4 is 0 Å². The molecule has 0 saturated heterocycles. The predicted octanol–water partition coefficient (Wildman–Crippen LogP) is 9.31. The average molecular weight is 493 g/mol. The number of benzene rings is 2. The van der Waals surface area contributed by atoms with E-state index in [4.69, 9.17) is 0 Å². The maximum atomic E-state index is 3.72. The maximum Gasteiger partial charge on any atom is 0.0498 e. The largest absolute Gasteiger partial charge is 0.354 e. The van der Waals surface area contributed by atoms with Crippen molar-refractivity contribution in [2.75, 3.05) is 0 Å². The van der Waals surface area contributed by atoms with Gasteiger partial charge in [-0.3, -0.25) is 0 Å². The van der Waals surface area contributed by atoms with Crippen LogP contribution in [0.1, 0.15) is 76.7 Å². The Balaban J connectivity index is 1.52. The molecule has 0 amide bonds. The monoisotopic (exact) mass is 491 g/mol. The number of unbranched alkanes of at least 4 members (excludes halogenated alkanes) is 9. The van der Waals surface area contributed by atoms with E-state index in [1.165, 1.54) is 96.1 Å². The number of aromatic amines is 1. The van der Waals surface area contributed by atoms with Crippen LogP contribution in [0.3, 0.4) is 0 Å². The third-order valence-corrected chi connectivity index (χ3v) is 6.47. The Labute approximate surface area is 180 Å². The van der Waals surface area contributed by atoms with E-state index in [0.29, 0.717) is 0 Å². The number of fused-ring (bicyclic) bond motifs is 3. The fourth-order valence-corrected chi connectivity index (χ4v) is 4.87. The van der Waals surface area contributed by atoms with Crippen LogP contribution in [0.2, 0.25) is 0 Å². The van der Waals surface area contributed by atoms with Gasteiger partial charge in [0.05, 0.1) is 0 Å². The molecule has 3 aromatic rings. The van der Waals surface area contributed by atoms with Gasteiger partial charge < -0.3 is 4.98 Å². The smallest absolute Gasteiger partial charge is 0.0498 e. The van der Waals surface area contributed by atoms with E-state index in [9.17, 15) is 0 Å². The van der Waals surface area contributed by atoms with Crippen LogP contribution >= 0.6 is 31.9 Å². The van der Waals surface area contributed by atoms with Crippen LogP contribution in [0.15, 0.2) is 39.3 Å². The number of hydrogen-bond donors (Lipinski definition) is 1. The normalized spacial score (nSPS) is 11.7. The summed E-state index contributed by atoms with van der Waals surface area (Å²) in [4.78, 5) is 3.64. The molecule has 146 valence electrons. The number of aromatic nitrogens is 1. The second-order valence-corrected chi connectivity index (χ2v) is 9.57. The zero-order chi connectivity index (χ0) is 19.1. The van der Waals surface area contributed by atoms with Crippen molar-refractivity contribution >= 4 is 53.7 Å². The first-order chi connectivity index (χ1) is 13.2. The van der Waals surface area contributed by atoms with Crippen LogP contribution in [0.4, 0.5) is 0 Å². The molecule has 0 aliphatic heterocycles. The van der Waals surface area contributed by atoms with Gasteiger partial charge in [-0.25, -0.2) is 0 Å². The molecule has 0 spiro atoms. The molecule has 27 heavy (non-hydrogen) atoms. The number of H-pyrrole nitrogens is 1. The zero-order valence-corrected chi connectivity index (χ0v) is 19.6. The Morgan fingerprint density at radius 3 is 2.04 bits per heavy atom. The average Bonchev–Trinajstić information content (AvgIpc) is 3.01. The Morgan fingerprint density at radius 1 is 0.704 bits per heavy atom. The van der Waals surface area contributed by atoms with Crippen molar-refractivity contribution in [2.24, 2.45) is 0 Å². The molecule has 1 N–H and O–H groups in total. The lowest BCUT2D eigenvalue weighted by atomic mass is 10.0. The summed E-state index contributed by atoms with van der Waals surface area (Å²) >= 11 is 7.32. The van der Waals surface area contributed by atoms with Gasteiger partial charge in [0.1, 0.15) is 0 Å². The fraction of sp³-hybridized carbons (Fsp3) is 0.500. The number of hydrogen-bond acceptors (Lipinski definition) is 0. The van der Waals surface area contributed by atoms with E-state index >= 15 is 0 Å². The van der Waals surface area contributed by atoms with E-state index in [-0.39, 0.29) is 0 Å². The van der Waals surface area contributed by atoms with Gasteiger partial charge in [0.2, 0.25) is 0 Å². The van der Waals surface area contributed by atoms with E-state index in [1.54, 1.807) is 0 Å². The topological polar surface area (TPSA) is 15.8 Å². The lowest BCUT2D eigenvalue weighted by Gasteiger charge is -2.06. The Kier molecular flexibility index (Phi) is 8.26. The Bertz CT molecular complexity index is 866. The SMILES string of the molecule is CCCCCCCCCCCCc1cc(Br)cc2c1[nH]c1ccc(Br)cc12. The highest BCUT2D eigenvalue weighted by Gasteiger charge is 2.10. The van der Waals surface area contributed by atoms with Gasteiger partial charge >= 0.3 is 0 Å². The lowest BCUT2D eigenvalue weighted by Crippen LogP contribution is -1.89. The molecule has 0 fully saturated rings. The molecule has 0 aliphatic rings. The van der Waals surface area contributed by atoms with E-state index in [0.717, 1.165) is 10.9 Å². The minimum atomic E-state index is 1.13. The third kappa shape index (κ3) is 5.84. The molecule has 0 aliphatic carbocycles. The zero-order valence-electron chi connectivity index (χ0n) is 16.4. The number of nitrogens with one attached hydrogen (secondary N) is 1. The van der Waals surface area contributed by atoms with Crippen molar-refractivity contribution in [3.8, 4) is 0 Å². The highest BCUT2D eigenvalue weighted by atomic mass is 79.9. The van der Waals surface area contributed by atoms with Gasteiger partial charge in [-0.05, 0) is 48.7 Å². The van der Waals surface area contributed by atoms with Gasteiger partial charge in [0.15, 0.2) is 0 Å². The molecule has 3 heteroatoms. The summed E-state index contributed by atoms with van der Waals surface area (Å²) < 4.78 is 2.31. The van der Waals surface area contributed by atoms with Crippen molar-refractivity contribution in [3.63, 3.8) is 0 Å². The van der Waals surface area contributed by atoms with Crippen molar-refractivity contribution in [1.29, 1.82) is 0 Å². The molecule has 2 aromatic carbocycles. The number of rotatable bonds is 11. The molecular formula is C24H31Br2N. The lowest BCUT2D eigenvalue weighted by molar-refractivity contribution is 0.556. The van der Waals surface area contributed by atoms with E-state index in [1.807, 2.05) is 0 Å². The quantitative estimate of drug-likeness (QED) is 0.256. The Hall–Kier alpha value is -0.800. The molecule has 0 saturated carbocycles. The fourth-order valence-electron chi connectivity index (χ4n) is 4.01. The van der Waals surface area contributed by atoms with Gasteiger partial charge in [-0.2, -0.15) is 0 Å². The molecule has 0 unspecified atom stereocenters. The van der Waals surface area contributed by atoms with Crippen LogP contribution in [0, 0.1) is 0 Å². The molecule has 0 atom stereocenters. The first kappa shape index (κ1) is 20.9. The van der Waals surface area contributed by atoms with Gasteiger partial charge in [-0.1, -0.05) is 96.6 Å². The molecular weight excluding hydrogens is 462 g/mol. The van der Waals surface area contributed by atoms with Crippen LogP contribution in [-0.2, 0) is 6.42 Å². The summed E-state index contributed by atoms with van der Waals surface area (Å²) in [6.07, 6.45) is 15.0. The minimum absolute atomic E-state index is 1.13. The summed E-state index contributed by atoms with van der Waals surface area (Å²) in [5.41, 5.74) is 3.96. The van der Waals surface area contributed by atoms with Crippen molar-refractivity contribution in [2.45, 2.75) is 77.6 Å². The van der Waals surface area contributed by atoms with E-state index in [2.05, 4.69) is 74.1 Å². The van der Waals surface area contributed by atoms with Crippen molar-refractivity contribution < 1.29 is 0 Å². The second kappa shape index (κ2) is 10.7. The summed E-state index contributed by atoms with van der Waals surface area (Å²) in [5, 5.41) is 2.62. The highest BCUT2D eigenvalue weighted by molar-refractivity contribution is 9.10. The molecule has 0 radical (unpaired) electrons. The molecule has 1 nitrogen and oxygen atoms in total. The Morgan fingerprint density at radius 2 is 1.33 bits per heavy atom. The summed E-state index contributed by atoms with van der Waals surface area (Å²) in [6, 6.07) is 11.0. The molecule has 0 bridgehead atoms. The van der Waals surface area contributed by atoms with E-state index < -0.39 is 0 Å². The number of halogens is 2. The first-order valence-corrected chi connectivity index (χ1v) is 12.2. The molecule has 1 heterocycles. The summed E-state index contributed by atoms with van der Waals surface area (Å²) in [5.74, 6) is 0. The van der Waals surface area contributed by atoms with Gasteiger partial charge in [0.25, 0.3) is 0 Å². The van der Waals surface area contributed by atoms with Crippen molar-refractivity contribution in [1.82, 2.24) is 4.98 Å². The summed E-state index contributed by atoms with van der Waals surface area (Å²) in [6.45, 7) is 2.29. The second-order valence-electron chi connectivity index (χ2n) is 7.73. The molecule has 3 rings (SSSR count).